The van der Waals surface area contributed by atoms with Gasteiger partial charge < -0.3 is 19.8 Å². The van der Waals surface area contributed by atoms with Crippen molar-refractivity contribution in [1.29, 1.82) is 0 Å². The van der Waals surface area contributed by atoms with E-state index in [1.165, 1.54) is 6.42 Å². The number of rotatable bonds is 22. The van der Waals surface area contributed by atoms with E-state index in [1.807, 2.05) is 27.2 Å². The number of likely N-dealkylation sites (N-methyl/N-ethyl adjacent to an activating group) is 1. The van der Waals surface area contributed by atoms with E-state index in [1.54, 1.807) is 6.08 Å². The van der Waals surface area contributed by atoms with Crippen LogP contribution >= 0.6 is 7.82 Å². The number of unbranched alkanes of at least 4 members (excludes halogenated alkanes) is 5. The molecule has 0 aromatic carbocycles. The molecular weight excluding hydrogens is 479 g/mol. The predicted molar refractivity (Wildman–Crippen MR) is 148 cm³/mol. The van der Waals surface area contributed by atoms with Crippen LogP contribution in [0.25, 0.3) is 0 Å². The van der Waals surface area contributed by atoms with Gasteiger partial charge in [-0.25, -0.2) is 4.57 Å². The van der Waals surface area contributed by atoms with Crippen LogP contribution in [0, 0.1) is 0 Å². The molecule has 0 saturated heterocycles. The maximum atomic E-state index is 12.3. The second kappa shape index (κ2) is 20.7. The third-order valence-electron chi connectivity index (χ3n) is 5.32. The summed E-state index contributed by atoms with van der Waals surface area (Å²) in [5.41, 5.74) is 0. The zero-order valence-electron chi connectivity index (χ0n) is 23.2. The fourth-order valence-corrected chi connectivity index (χ4v) is 3.81. The van der Waals surface area contributed by atoms with Gasteiger partial charge in [0.15, 0.2) is 0 Å². The van der Waals surface area contributed by atoms with Gasteiger partial charge in [-0.05, 0) is 38.5 Å². The molecule has 0 aromatic rings. The molecule has 1 amide bonds. The third kappa shape index (κ3) is 22.0. The molecule has 0 rings (SSSR count). The number of carbonyl (C=O) groups excluding carboxylic acids is 1. The van der Waals surface area contributed by atoms with E-state index in [0.717, 1.165) is 51.4 Å². The Labute approximate surface area is 219 Å². The minimum Gasteiger partial charge on any atom is -0.387 e. The fraction of sp³-hybridized carbons (Fsp3) is 0.741. The van der Waals surface area contributed by atoms with Gasteiger partial charge in [-0.3, -0.25) is 13.8 Å². The van der Waals surface area contributed by atoms with Crippen molar-refractivity contribution in [2.75, 3.05) is 40.9 Å². The van der Waals surface area contributed by atoms with Gasteiger partial charge in [-0.2, -0.15) is 0 Å². The molecule has 3 unspecified atom stereocenters. The van der Waals surface area contributed by atoms with Gasteiger partial charge >= 0.3 is 7.82 Å². The Kier molecular flexibility index (Phi) is 20.0. The summed E-state index contributed by atoms with van der Waals surface area (Å²) in [7, 11) is 1.53. The van der Waals surface area contributed by atoms with Crippen molar-refractivity contribution in [1.82, 2.24) is 5.32 Å². The number of aliphatic hydroxyl groups is 1. The number of amides is 1. The number of hydrogen-bond acceptors (Lipinski definition) is 5. The van der Waals surface area contributed by atoms with Crippen LogP contribution in [-0.4, -0.2) is 73.4 Å². The van der Waals surface area contributed by atoms with Crippen molar-refractivity contribution in [3.05, 3.63) is 36.5 Å². The Morgan fingerprint density at radius 2 is 1.50 bits per heavy atom. The number of phosphoric acid groups is 1. The second-order valence-corrected chi connectivity index (χ2v) is 11.5. The summed E-state index contributed by atoms with van der Waals surface area (Å²) in [5.74, 6) is -0.223. The molecule has 8 nitrogen and oxygen atoms in total. The fourth-order valence-electron chi connectivity index (χ4n) is 3.07. The average Bonchev–Trinajstić information content (AvgIpc) is 2.79. The number of aliphatic hydroxyl groups excluding tert-OH is 1. The first-order chi connectivity index (χ1) is 17.0. The largest absolute Gasteiger partial charge is 0.472 e. The zero-order chi connectivity index (χ0) is 27.3. The van der Waals surface area contributed by atoms with Crippen LogP contribution in [0.15, 0.2) is 36.5 Å². The van der Waals surface area contributed by atoms with E-state index in [4.69, 9.17) is 9.05 Å². The Balaban J connectivity index is 4.74. The van der Waals surface area contributed by atoms with Gasteiger partial charge in [0.1, 0.15) is 13.2 Å². The first-order valence-corrected chi connectivity index (χ1v) is 14.9. The minimum atomic E-state index is -4.31. The molecule has 210 valence electrons. The second-order valence-electron chi connectivity index (χ2n) is 10.0. The highest BCUT2D eigenvalue weighted by molar-refractivity contribution is 7.47. The lowest BCUT2D eigenvalue weighted by molar-refractivity contribution is -0.870. The Bertz CT molecular complexity index is 703. The van der Waals surface area contributed by atoms with Crippen LogP contribution in [0.5, 0.6) is 0 Å². The summed E-state index contributed by atoms with van der Waals surface area (Å²) in [5, 5.41) is 13.4. The van der Waals surface area contributed by atoms with Crippen molar-refractivity contribution >= 4 is 13.7 Å². The highest BCUT2D eigenvalue weighted by Gasteiger charge is 2.27. The molecule has 0 radical (unpaired) electrons. The van der Waals surface area contributed by atoms with Crippen molar-refractivity contribution < 1.29 is 32.9 Å². The Hall–Kier alpha value is -1.28. The van der Waals surface area contributed by atoms with Gasteiger partial charge in [0.05, 0.1) is 39.9 Å². The van der Waals surface area contributed by atoms with Crippen molar-refractivity contribution in [3.63, 3.8) is 0 Å². The van der Waals surface area contributed by atoms with Crippen LogP contribution in [0.4, 0.5) is 0 Å². The molecule has 0 aliphatic heterocycles. The number of nitrogens with one attached hydrogen (secondary N) is 1. The molecule has 0 aliphatic carbocycles. The van der Waals surface area contributed by atoms with E-state index in [2.05, 4.69) is 43.5 Å². The molecule has 0 heterocycles. The number of hydrogen-bond donors (Lipinski definition) is 3. The number of phosphoric ester groups is 1. The number of quaternary nitrogens is 1. The summed E-state index contributed by atoms with van der Waals surface area (Å²) in [6, 6.07) is -0.858. The van der Waals surface area contributed by atoms with Gasteiger partial charge in [0, 0.05) is 6.42 Å². The highest BCUT2D eigenvalue weighted by Crippen LogP contribution is 2.43. The lowest BCUT2D eigenvalue weighted by Crippen LogP contribution is -2.45. The molecule has 0 aliphatic rings. The van der Waals surface area contributed by atoms with Crippen LogP contribution in [0.3, 0.4) is 0 Å². The van der Waals surface area contributed by atoms with Crippen LogP contribution < -0.4 is 5.32 Å². The third-order valence-corrected chi connectivity index (χ3v) is 6.31. The lowest BCUT2D eigenvalue weighted by Gasteiger charge is -2.25. The van der Waals surface area contributed by atoms with Crippen LogP contribution in [0.2, 0.25) is 0 Å². The van der Waals surface area contributed by atoms with E-state index < -0.39 is 20.0 Å². The van der Waals surface area contributed by atoms with Crippen molar-refractivity contribution in [3.8, 4) is 0 Å². The molecule has 0 saturated carbocycles. The van der Waals surface area contributed by atoms with Gasteiger partial charge in [-0.15, -0.1) is 0 Å². The maximum Gasteiger partial charge on any atom is 0.472 e. The first-order valence-electron chi connectivity index (χ1n) is 13.4. The van der Waals surface area contributed by atoms with E-state index in [0.29, 0.717) is 17.4 Å². The van der Waals surface area contributed by atoms with Crippen molar-refractivity contribution in [2.24, 2.45) is 0 Å². The molecule has 9 heteroatoms. The summed E-state index contributed by atoms with van der Waals surface area (Å²) >= 11 is 0. The molecule has 0 aromatic heterocycles. The maximum absolute atomic E-state index is 12.3. The highest BCUT2D eigenvalue weighted by atomic mass is 31.2. The number of carbonyl (C=O) groups is 1. The molecule has 0 spiro atoms. The number of allylic oxidation sites excluding steroid dienone is 5. The minimum absolute atomic E-state index is 0.0519. The molecular formula is C27H52N2O6P+. The normalized spacial score (nSPS) is 16.1. The van der Waals surface area contributed by atoms with E-state index >= 15 is 0 Å². The summed E-state index contributed by atoms with van der Waals surface area (Å²) < 4.78 is 23.0. The number of nitrogens with zero attached hydrogens (tertiary/aromatic N) is 1. The molecule has 3 atom stereocenters. The van der Waals surface area contributed by atoms with E-state index in [-0.39, 0.29) is 19.1 Å². The molecule has 36 heavy (non-hydrogen) atoms. The predicted octanol–water partition coefficient (Wildman–Crippen LogP) is 5.28. The van der Waals surface area contributed by atoms with Crippen LogP contribution in [-0.2, 0) is 18.4 Å². The first kappa shape index (κ1) is 34.7. The Morgan fingerprint density at radius 3 is 2.06 bits per heavy atom. The molecule has 0 bridgehead atoms. The summed E-state index contributed by atoms with van der Waals surface area (Å²) in [6.07, 6.45) is 20.0. The van der Waals surface area contributed by atoms with E-state index in [9.17, 15) is 19.4 Å². The standard InChI is InChI=1S/C27H51N2O6P/c1-6-8-10-11-12-13-14-15-16-17-19-20-26(30)25(28-27(31)21-18-9-7-2)24-35-36(32,33)34-23-22-29(3,4)5/h10-11,14-15,19-20,25-26,30H,6-9,12-13,16-18,21-24H2,1-5H3,(H-,28,31,32,33)/p+1/b11-10+,15-14+,20-19+. The lowest BCUT2D eigenvalue weighted by atomic mass is 10.1. The quantitative estimate of drug-likeness (QED) is 0.0760. The SMILES string of the molecule is CCC/C=C/CC/C=C/CC/C=C/C(O)C(COP(=O)(O)OCC[N+](C)(C)C)NC(=O)CCCCC. The zero-order valence-corrected chi connectivity index (χ0v) is 24.1. The van der Waals surface area contributed by atoms with Gasteiger partial charge in [0.2, 0.25) is 5.91 Å². The Morgan fingerprint density at radius 1 is 0.917 bits per heavy atom. The van der Waals surface area contributed by atoms with Gasteiger partial charge in [-0.1, -0.05) is 69.6 Å². The van der Waals surface area contributed by atoms with Gasteiger partial charge in [0.25, 0.3) is 0 Å². The summed E-state index contributed by atoms with van der Waals surface area (Å²) in [4.78, 5) is 22.3. The monoisotopic (exact) mass is 531 g/mol. The molecule has 3 N–H and O–H groups in total. The average molecular weight is 532 g/mol. The van der Waals surface area contributed by atoms with Crippen molar-refractivity contribution in [2.45, 2.75) is 90.2 Å². The summed E-state index contributed by atoms with van der Waals surface area (Å²) in [6.45, 7) is 4.46. The molecule has 0 fully saturated rings. The van der Waals surface area contributed by atoms with Crippen LogP contribution in [0.1, 0.15) is 78.1 Å². The topological polar surface area (TPSA) is 105 Å². The smallest absolute Gasteiger partial charge is 0.387 e.